The minimum Gasteiger partial charge on any atom is -0.493 e. The third-order valence-corrected chi connectivity index (χ3v) is 5.01. The standard InChI is InChI=1S/C20H18ClFN2O4/c21-12-3-5-16-18(10-12)28-20(26)24(16)8-7-19(25)23-15-2-1-9-27-17-6-4-13(22)11-14(15)17/h3-6,10-11,15H,1-2,7-9H2,(H,23,25)/t15-/m0/s1. The van der Waals surface area contributed by atoms with Gasteiger partial charge in [0.1, 0.15) is 11.6 Å². The normalized spacial score (nSPS) is 16.3. The summed E-state index contributed by atoms with van der Waals surface area (Å²) >= 11 is 5.91. The van der Waals surface area contributed by atoms with E-state index in [-0.39, 0.29) is 30.7 Å². The quantitative estimate of drug-likeness (QED) is 0.717. The highest BCUT2D eigenvalue weighted by atomic mass is 35.5. The molecule has 0 saturated carbocycles. The maximum absolute atomic E-state index is 13.7. The molecular weight excluding hydrogens is 387 g/mol. The Morgan fingerprint density at radius 3 is 3.00 bits per heavy atom. The van der Waals surface area contributed by atoms with Crippen molar-refractivity contribution in [2.75, 3.05) is 6.61 Å². The van der Waals surface area contributed by atoms with Crippen LogP contribution in [0.2, 0.25) is 5.02 Å². The summed E-state index contributed by atoms with van der Waals surface area (Å²) in [4.78, 5) is 24.6. The van der Waals surface area contributed by atoms with E-state index >= 15 is 0 Å². The fourth-order valence-electron chi connectivity index (χ4n) is 3.43. The van der Waals surface area contributed by atoms with Crippen LogP contribution < -0.4 is 15.8 Å². The second-order valence-electron chi connectivity index (χ2n) is 6.67. The largest absolute Gasteiger partial charge is 0.493 e. The lowest BCUT2D eigenvalue weighted by Gasteiger charge is -2.18. The zero-order chi connectivity index (χ0) is 19.7. The molecule has 0 aliphatic carbocycles. The highest BCUT2D eigenvalue weighted by Crippen LogP contribution is 2.32. The molecule has 3 aromatic rings. The van der Waals surface area contributed by atoms with Gasteiger partial charge in [-0.25, -0.2) is 9.18 Å². The van der Waals surface area contributed by atoms with Crippen molar-refractivity contribution in [1.29, 1.82) is 0 Å². The van der Waals surface area contributed by atoms with Gasteiger partial charge in [-0.05, 0) is 43.2 Å². The Balaban J connectivity index is 1.48. The zero-order valence-electron chi connectivity index (χ0n) is 14.9. The fourth-order valence-corrected chi connectivity index (χ4v) is 3.59. The Hall–Kier alpha value is -2.80. The van der Waals surface area contributed by atoms with Crippen molar-refractivity contribution in [3.63, 3.8) is 0 Å². The topological polar surface area (TPSA) is 73.5 Å². The van der Waals surface area contributed by atoms with Crippen molar-refractivity contribution < 1.29 is 18.3 Å². The van der Waals surface area contributed by atoms with Crippen LogP contribution >= 0.6 is 11.6 Å². The highest BCUT2D eigenvalue weighted by Gasteiger charge is 2.22. The first-order valence-electron chi connectivity index (χ1n) is 9.02. The third-order valence-electron chi connectivity index (χ3n) is 4.77. The maximum atomic E-state index is 13.7. The molecule has 28 heavy (non-hydrogen) atoms. The van der Waals surface area contributed by atoms with Gasteiger partial charge in [0.15, 0.2) is 5.58 Å². The Morgan fingerprint density at radius 1 is 1.29 bits per heavy atom. The van der Waals surface area contributed by atoms with Crippen molar-refractivity contribution in [2.45, 2.75) is 31.8 Å². The SMILES string of the molecule is O=C(CCn1c(=O)oc2cc(Cl)ccc21)N[C@H]1CCCOc2ccc(F)cc21. The molecule has 0 unspecified atom stereocenters. The number of ether oxygens (including phenoxy) is 1. The van der Waals surface area contributed by atoms with Crippen molar-refractivity contribution >= 4 is 28.6 Å². The monoisotopic (exact) mass is 404 g/mol. The molecule has 146 valence electrons. The number of halogens is 2. The summed E-state index contributed by atoms with van der Waals surface area (Å²) in [7, 11) is 0. The number of hydrogen-bond donors (Lipinski definition) is 1. The highest BCUT2D eigenvalue weighted by molar-refractivity contribution is 6.31. The molecule has 0 fully saturated rings. The van der Waals surface area contributed by atoms with Crippen LogP contribution in [0.5, 0.6) is 5.75 Å². The van der Waals surface area contributed by atoms with Gasteiger partial charge in [0, 0.05) is 29.6 Å². The molecule has 0 radical (unpaired) electrons. The molecule has 0 bridgehead atoms. The average Bonchev–Trinajstić information content (AvgIpc) is 2.83. The summed E-state index contributed by atoms with van der Waals surface area (Å²) in [6, 6.07) is 8.88. The maximum Gasteiger partial charge on any atom is 0.419 e. The lowest BCUT2D eigenvalue weighted by Crippen LogP contribution is -2.30. The molecule has 1 aromatic heterocycles. The summed E-state index contributed by atoms with van der Waals surface area (Å²) in [5.74, 6) is -0.575. The van der Waals surface area contributed by atoms with E-state index in [2.05, 4.69) is 5.32 Å². The van der Waals surface area contributed by atoms with Crippen LogP contribution in [0.3, 0.4) is 0 Å². The van der Waals surface area contributed by atoms with Crippen LogP contribution in [0.4, 0.5) is 4.39 Å². The molecule has 1 amide bonds. The number of oxazole rings is 1. The Bertz CT molecular complexity index is 1090. The number of carbonyl (C=O) groups excluding carboxylic acids is 1. The van der Waals surface area contributed by atoms with E-state index in [0.717, 1.165) is 6.42 Å². The van der Waals surface area contributed by atoms with Crippen LogP contribution in [-0.4, -0.2) is 17.1 Å². The number of hydrogen-bond acceptors (Lipinski definition) is 4. The molecule has 2 aromatic carbocycles. The predicted octanol–water partition coefficient (Wildman–Crippen LogP) is 3.81. The van der Waals surface area contributed by atoms with Gasteiger partial charge in [-0.3, -0.25) is 9.36 Å². The van der Waals surface area contributed by atoms with Gasteiger partial charge in [-0.1, -0.05) is 11.6 Å². The zero-order valence-corrected chi connectivity index (χ0v) is 15.7. The molecule has 1 aliphatic rings. The number of benzene rings is 2. The van der Waals surface area contributed by atoms with Gasteiger partial charge in [-0.2, -0.15) is 0 Å². The van der Waals surface area contributed by atoms with E-state index in [4.69, 9.17) is 20.8 Å². The summed E-state index contributed by atoms with van der Waals surface area (Å²) < 4.78 is 25.9. The number of fused-ring (bicyclic) bond motifs is 2. The molecule has 2 heterocycles. The number of carbonyl (C=O) groups is 1. The number of nitrogens with zero attached hydrogens (tertiary/aromatic N) is 1. The molecule has 0 spiro atoms. The molecule has 1 aliphatic heterocycles. The molecule has 8 heteroatoms. The van der Waals surface area contributed by atoms with Crippen molar-refractivity contribution in [3.05, 3.63) is 63.4 Å². The van der Waals surface area contributed by atoms with Gasteiger partial charge >= 0.3 is 5.76 Å². The summed E-state index contributed by atoms with van der Waals surface area (Å²) in [5.41, 5.74) is 1.59. The number of amides is 1. The van der Waals surface area contributed by atoms with Crippen LogP contribution in [0.25, 0.3) is 11.1 Å². The fraction of sp³-hybridized carbons (Fsp3) is 0.300. The van der Waals surface area contributed by atoms with Crippen LogP contribution in [0, 0.1) is 5.82 Å². The molecule has 6 nitrogen and oxygen atoms in total. The van der Waals surface area contributed by atoms with E-state index in [1.165, 1.54) is 16.7 Å². The molecule has 0 saturated heterocycles. The van der Waals surface area contributed by atoms with Crippen molar-refractivity contribution in [2.24, 2.45) is 0 Å². The van der Waals surface area contributed by atoms with Crippen LogP contribution in [-0.2, 0) is 11.3 Å². The first-order chi connectivity index (χ1) is 13.5. The average molecular weight is 405 g/mol. The van der Waals surface area contributed by atoms with E-state index in [9.17, 15) is 14.0 Å². The predicted molar refractivity (Wildman–Crippen MR) is 102 cm³/mol. The van der Waals surface area contributed by atoms with Gasteiger partial charge in [0.25, 0.3) is 0 Å². The Morgan fingerprint density at radius 2 is 2.14 bits per heavy atom. The number of aromatic nitrogens is 1. The van der Waals surface area contributed by atoms with Crippen molar-refractivity contribution in [1.82, 2.24) is 9.88 Å². The summed E-state index contributed by atoms with van der Waals surface area (Å²) in [5, 5.41) is 3.39. The summed E-state index contributed by atoms with van der Waals surface area (Å²) in [6.45, 7) is 0.683. The lowest BCUT2D eigenvalue weighted by molar-refractivity contribution is -0.122. The van der Waals surface area contributed by atoms with Crippen LogP contribution in [0.15, 0.2) is 45.6 Å². The van der Waals surface area contributed by atoms with E-state index < -0.39 is 5.76 Å². The van der Waals surface area contributed by atoms with Gasteiger partial charge in [-0.15, -0.1) is 0 Å². The molecular formula is C20H18ClFN2O4. The summed E-state index contributed by atoms with van der Waals surface area (Å²) in [6.07, 6.45) is 1.47. The Labute approximate surface area is 164 Å². The van der Waals surface area contributed by atoms with Crippen LogP contribution in [0.1, 0.15) is 30.9 Å². The van der Waals surface area contributed by atoms with E-state index in [1.54, 1.807) is 24.3 Å². The van der Waals surface area contributed by atoms with Gasteiger partial charge in [0.2, 0.25) is 5.91 Å². The molecule has 1 atom stereocenters. The molecule has 1 N–H and O–H groups in total. The lowest BCUT2D eigenvalue weighted by atomic mass is 10.0. The van der Waals surface area contributed by atoms with E-state index in [1.807, 2.05) is 0 Å². The van der Waals surface area contributed by atoms with Crippen molar-refractivity contribution in [3.8, 4) is 5.75 Å². The smallest absolute Gasteiger partial charge is 0.419 e. The number of nitrogens with one attached hydrogen (secondary N) is 1. The minimum absolute atomic E-state index is 0.0825. The third kappa shape index (κ3) is 3.75. The Kier molecular flexibility index (Phi) is 5.09. The minimum atomic E-state index is -0.541. The second-order valence-corrected chi connectivity index (χ2v) is 7.11. The van der Waals surface area contributed by atoms with Gasteiger partial charge in [0.05, 0.1) is 18.2 Å². The second kappa shape index (κ2) is 7.67. The number of rotatable bonds is 4. The first-order valence-corrected chi connectivity index (χ1v) is 9.39. The van der Waals surface area contributed by atoms with Gasteiger partial charge < -0.3 is 14.5 Å². The van der Waals surface area contributed by atoms with E-state index in [0.29, 0.717) is 40.5 Å². The number of aryl methyl sites for hydroxylation is 1. The molecule has 4 rings (SSSR count). The first kappa shape index (κ1) is 18.6.